The average Bonchev–Trinajstić information content (AvgIpc) is 2.64. The van der Waals surface area contributed by atoms with Crippen LogP contribution in [0, 0.1) is 5.92 Å². The molecule has 1 aromatic carbocycles. The van der Waals surface area contributed by atoms with Crippen molar-refractivity contribution in [2.24, 2.45) is 11.7 Å². The molecule has 0 heterocycles. The highest BCUT2D eigenvalue weighted by molar-refractivity contribution is 5.95. The molecule has 1 aliphatic rings. The predicted molar refractivity (Wildman–Crippen MR) is 95.6 cm³/mol. The first-order valence-corrected chi connectivity index (χ1v) is 8.62. The standard InChI is InChI=1S/C19H28N2O3/c1-3-11-24-17-10-9-15(12-18(17)23-2)19(22)21-16(13-20)14-7-5-4-6-8-14/h3,9-10,12,14,16H,1,4-8,11,13,20H2,2H3,(H,21,22). The van der Waals surface area contributed by atoms with E-state index < -0.39 is 0 Å². The summed E-state index contributed by atoms with van der Waals surface area (Å²) in [7, 11) is 1.56. The summed E-state index contributed by atoms with van der Waals surface area (Å²) in [6, 6.07) is 5.21. The van der Waals surface area contributed by atoms with Crippen molar-refractivity contribution in [1.82, 2.24) is 5.32 Å². The van der Waals surface area contributed by atoms with Crippen LogP contribution < -0.4 is 20.5 Å². The van der Waals surface area contributed by atoms with E-state index in [9.17, 15) is 4.79 Å². The number of hydrogen-bond acceptors (Lipinski definition) is 4. The van der Waals surface area contributed by atoms with Gasteiger partial charge in [0.2, 0.25) is 0 Å². The van der Waals surface area contributed by atoms with Gasteiger partial charge in [0, 0.05) is 18.2 Å². The van der Waals surface area contributed by atoms with Crippen LogP contribution in [-0.2, 0) is 0 Å². The summed E-state index contributed by atoms with van der Waals surface area (Å²) in [5.74, 6) is 1.48. The Labute approximate surface area is 144 Å². The molecular formula is C19H28N2O3. The van der Waals surface area contributed by atoms with Gasteiger partial charge in [-0.3, -0.25) is 4.79 Å². The predicted octanol–water partition coefficient (Wildman–Crippen LogP) is 2.90. The Kier molecular flexibility index (Phi) is 7.12. The fourth-order valence-electron chi connectivity index (χ4n) is 3.23. The van der Waals surface area contributed by atoms with Crippen molar-refractivity contribution >= 4 is 5.91 Å². The molecule has 1 aromatic rings. The Morgan fingerprint density at radius 2 is 2.12 bits per heavy atom. The summed E-state index contributed by atoms with van der Waals surface area (Å²) in [6.45, 7) is 4.48. The van der Waals surface area contributed by atoms with Crippen molar-refractivity contribution in [3.05, 3.63) is 36.4 Å². The van der Waals surface area contributed by atoms with Crippen LogP contribution in [-0.4, -0.2) is 32.2 Å². The topological polar surface area (TPSA) is 73.6 Å². The summed E-state index contributed by atoms with van der Waals surface area (Å²) in [6.07, 6.45) is 7.67. The molecule has 0 aliphatic heterocycles. The third kappa shape index (κ3) is 4.74. The molecule has 1 unspecified atom stereocenters. The maximum atomic E-state index is 12.6. The molecule has 0 saturated heterocycles. The zero-order chi connectivity index (χ0) is 17.4. The zero-order valence-electron chi connectivity index (χ0n) is 14.4. The summed E-state index contributed by atoms with van der Waals surface area (Å²) in [4.78, 5) is 12.6. The molecule has 1 fully saturated rings. The Morgan fingerprint density at radius 1 is 1.38 bits per heavy atom. The lowest BCUT2D eigenvalue weighted by Crippen LogP contribution is -2.45. The van der Waals surface area contributed by atoms with Crippen LogP contribution in [0.25, 0.3) is 0 Å². The third-order valence-corrected chi connectivity index (χ3v) is 4.57. The van der Waals surface area contributed by atoms with Gasteiger partial charge in [0.05, 0.1) is 7.11 Å². The largest absolute Gasteiger partial charge is 0.493 e. The van der Waals surface area contributed by atoms with E-state index in [4.69, 9.17) is 15.2 Å². The number of rotatable bonds is 8. The highest BCUT2D eigenvalue weighted by Gasteiger charge is 2.24. The second kappa shape index (κ2) is 9.33. The molecule has 3 N–H and O–H groups in total. The molecule has 1 saturated carbocycles. The lowest BCUT2D eigenvalue weighted by molar-refractivity contribution is 0.0915. The summed E-state index contributed by atoms with van der Waals surface area (Å²) in [5, 5.41) is 3.09. The molecule has 5 nitrogen and oxygen atoms in total. The molecule has 132 valence electrons. The second-order valence-electron chi connectivity index (χ2n) is 6.18. The highest BCUT2D eigenvalue weighted by Crippen LogP contribution is 2.29. The van der Waals surface area contributed by atoms with Crippen molar-refractivity contribution in [3.63, 3.8) is 0 Å². The van der Waals surface area contributed by atoms with Crippen LogP contribution in [0.5, 0.6) is 11.5 Å². The molecule has 1 amide bonds. The van der Waals surface area contributed by atoms with E-state index in [1.54, 1.807) is 31.4 Å². The minimum Gasteiger partial charge on any atom is -0.493 e. The quantitative estimate of drug-likeness (QED) is 0.718. The number of benzene rings is 1. The number of carbonyl (C=O) groups excluding carboxylic acids is 1. The number of amides is 1. The molecule has 24 heavy (non-hydrogen) atoms. The minimum absolute atomic E-state index is 0.0282. The second-order valence-corrected chi connectivity index (χ2v) is 6.18. The number of nitrogens with two attached hydrogens (primary N) is 1. The lowest BCUT2D eigenvalue weighted by Gasteiger charge is -2.30. The maximum absolute atomic E-state index is 12.6. The monoisotopic (exact) mass is 332 g/mol. The Balaban J connectivity index is 2.06. The fourth-order valence-corrected chi connectivity index (χ4v) is 3.23. The van der Waals surface area contributed by atoms with Crippen LogP contribution in [0.4, 0.5) is 0 Å². The normalized spacial score (nSPS) is 16.2. The first-order valence-electron chi connectivity index (χ1n) is 8.62. The van der Waals surface area contributed by atoms with Gasteiger partial charge in [-0.15, -0.1) is 0 Å². The van der Waals surface area contributed by atoms with E-state index in [0.717, 1.165) is 12.8 Å². The zero-order valence-corrected chi connectivity index (χ0v) is 14.4. The SMILES string of the molecule is C=CCOc1ccc(C(=O)NC(CN)C2CCCCC2)cc1OC. The molecule has 2 rings (SSSR count). The van der Waals surface area contributed by atoms with Crippen LogP contribution >= 0.6 is 0 Å². The number of carbonyl (C=O) groups is 1. The molecule has 0 bridgehead atoms. The number of ether oxygens (including phenoxy) is 2. The number of methoxy groups -OCH3 is 1. The van der Waals surface area contributed by atoms with Crippen molar-refractivity contribution in [3.8, 4) is 11.5 Å². The van der Waals surface area contributed by atoms with Crippen LogP contribution in [0.1, 0.15) is 42.5 Å². The van der Waals surface area contributed by atoms with Gasteiger partial charge >= 0.3 is 0 Å². The van der Waals surface area contributed by atoms with Crippen molar-refractivity contribution in [2.45, 2.75) is 38.1 Å². The van der Waals surface area contributed by atoms with E-state index in [2.05, 4.69) is 11.9 Å². The molecule has 1 aliphatic carbocycles. The Hall–Kier alpha value is -2.01. The number of hydrogen-bond donors (Lipinski definition) is 2. The van der Waals surface area contributed by atoms with Gasteiger partial charge in [-0.25, -0.2) is 0 Å². The van der Waals surface area contributed by atoms with Gasteiger partial charge in [0.1, 0.15) is 6.61 Å². The molecular weight excluding hydrogens is 304 g/mol. The van der Waals surface area contributed by atoms with E-state index in [-0.39, 0.29) is 11.9 Å². The van der Waals surface area contributed by atoms with Gasteiger partial charge in [-0.2, -0.15) is 0 Å². The highest BCUT2D eigenvalue weighted by atomic mass is 16.5. The maximum Gasteiger partial charge on any atom is 0.251 e. The van der Waals surface area contributed by atoms with E-state index >= 15 is 0 Å². The van der Waals surface area contributed by atoms with Crippen molar-refractivity contribution in [1.29, 1.82) is 0 Å². The van der Waals surface area contributed by atoms with Gasteiger partial charge < -0.3 is 20.5 Å². The minimum atomic E-state index is -0.121. The lowest BCUT2D eigenvalue weighted by atomic mass is 9.84. The van der Waals surface area contributed by atoms with Crippen LogP contribution in [0.2, 0.25) is 0 Å². The summed E-state index contributed by atoms with van der Waals surface area (Å²) >= 11 is 0. The summed E-state index contributed by atoms with van der Waals surface area (Å²) in [5.41, 5.74) is 6.44. The molecule has 0 aromatic heterocycles. The van der Waals surface area contributed by atoms with Gasteiger partial charge in [0.25, 0.3) is 5.91 Å². The number of nitrogens with one attached hydrogen (secondary N) is 1. The first kappa shape index (κ1) is 18.3. The summed E-state index contributed by atoms with van der Waals surface area (Å²) < 4.78 is 10.8. The van der Waals surface area contributed by atoms with E-state index in [1.807, 2.05) is 0 Å². The molecule has 0 radical (unpaired) electrons. The Morgan fingerprint density at radius 3 is 2.75 bits per heavy atom. The van der Waals surface area contributed by atoms with Crippen LogP contribution in [0.3, 0.4) is 0 Å². The van der Waals surface area contributed by atoms with Crippen LogP contribution in [0.15, 0.2) is 30.9 Å². The smallest absolute Gasteiger partial charge is 0.251 e. The third-order valence-electron chi connectivity index (χ3n) is 4.57. The first-order chi connectivity index (χ1) is 11.7. The van der Waals surface area contributed by atoms with Gasteiger partial charge in [-0.05, 0) is 37.0 Å². The van der Waals surface area contributed by atoms with E-state index in [1.165, 1.54) is 19.3 Å². The van der Waals surface area contributed by atoms with Crippen molar-refractivity contribution < 1.29 is 14.3 Å². The molecule has 5 heteroatoms. The van der Waals surface area contributed by atoms with E-state index in [0.29, 0.717) is 36.1 Å². The van der Waals surface area contributed by atoms with Crippen molar-refractivity contribution in [2.75, 3.05) is 20.3 Å². The average molecular weight is 332 g/mol. The van der Waals surface area contributed by atoms with Gasteiger partial charge in [-0.1, -0.05) is 31.9 Å². The Bertz CT molecular complexity index is 554. The van der Waals surface area contributed by atoms with Gasteiger partial charge in [0.15, 0.2) is 11.5 Å². The fraction of sp³-hybridized carbons (Fsp3) is 0.526. The molecule has 1 atom stereocenters. The molecule has 0 spiro atoms.